The minimum absolute atomic E-state index is 0.0598. The third-order valence-corrected chi connectivity index (χ3v) is 8.98. The summed E-state index contributed by atoms with van der Waals surface area (Å²) in [6.45, 7) is 4.94. The number of aromatic amines is 1. The number of imidazole rings is 1. The highest BCUT2D eigenvalue weighted by molar-refractivity contribution is 6.33. The lowest BCUT2D eigenvalue weighted by Gasteiger charge is -2.22. The average molecular weight is 710 g/mol. The summed E-state index contributed by atoms with van der Waals surface area (Å²) in [5.41, 5.74) is -0.626. The smallest absolute Gasteiger partial charge is 0.416 e. The van der Waals surface area contributed by atoms with Crippen LogP contribution in [0.15, 0.2) is 60.7 Å². The first-order chi connectivity index (χ1) is 23.1. The Kier molecular flexibility index (Phi) is 12.0. The van der Waals surface area contributed by atoms with E-state index in [2.05, 4.69) is 15.3 Å². The summed E-state index contributed by atoms with van der Waals surface area (Å²) in [5.74, 6) is -0.964. The second kappa shape index (κ2) is 15.6. The standard InChI is InChI=1S/C36H38ClF6N3O3/c1-20(18-23-15-16-28(48-4)34(49-5)31(23)37)14-17-30(47)44-19-29-45-32(21(2)24-10-6-8-12-26(24)35(38,39)40)33(46-29)22(3)25-11-7-9-13-27(25)36(41,42)43/h6-13,15-16,20-22H,14,17-19H2,1-5H3,(H,44,47)(H,45,46). The van der Waals surface area contributed by atoms with Crippen LogP contribution in [0.25, 0.3) is 0 Å². The van der Waals surface area contributed by atoms with E-state index in [0.717, 1.165) is 17.7 Å². The van der Waals surface area contributed by atoms with Gasteiger partial charge in [-0.3, -0.25) is 4.79 Å². The van der Waals surface area contributed by atoms with Crippen LogP contribution >= 0.6 is 11.6 Å². The van der Waals surface area contributed by atoms with E-state index in [0.29, 0.717) is 29.4 Å². The number of carbonyl (C=O) groups is 1. The molecule has 0 aliphatic carbocycles. The summed E-state index contributed by atoms with van der Waals surface area (Å²) in [7, 11) is 3.01. The molecule has 2 N–H and O–H groups in total. The topological polar surface area (TPSA) is 76.2 Å². The number of benzene rings is 3. The fourth-order valence-corrected chi connectivity index (χ4v) is 6.29. The van der Waals surface area contributed by atoms with E-state index in [1.54, 1.807) is 13.0 Å². The van der Waals surface area contributed by atoms with E-state index in [1.165, 1.54) is 57.5 Å². The Morgan fingerprint density at radius 2 is 1.43 bits per heavy atom. The number of alkyl halides is 6. The summed E-state index contributed by atoms with van der Waals surface area (Å²) in [6, 6.07) is 13.7. The van der Waals surface area contributed by atoms with Crippen molar-refractivity contribution < 1.29 is 40.6 Å². The monoisotopic (exact) mass is 709 g/mol. The predicted molar refractivity (Wildman–Crippen MR) is 175 cm³/mol. The molecule has 1 amide bonds. The third kappa shape index (κ3) is 8.89. The maximum Gasteiger partial charge on any atom is 0.416 e. The average Bonchev–Trinajstić information content (AvgIpc) is 3.50. The number of amides is 1. The van der Waals surface area contributed by atoms with Crippen molar-refractivity contribution in [2.45, 2.75) is 70.8 Å². The summed E-state index contributed by atoms with van der Waals surface area (Å²) < 4.78 is 94.4. The quantitative estimate of drug-likeness (QED) is 0.136. The molecule has 3 atom stereocenters. The van der Waals surface area contributed by atoms with E-state index in [-0.39, 0.29) is 53.1 Å². The zero-order valence-electron chi connectivity index (χ0n) is 27.7. The predicted octanol–water partition coefficient (Wildman–Crippen LogP) is 9.70. The van der Waals surface area contributed by atoms with Crippen LogP contribution in [0.2, 0.25) is 5.02 Å². The molecule has 6 nitrogen and oxygen atoms in total. The molecule has 1 heterocycles. The maximum absolute atomic E-state index is 14.0. The molecule has 0 spiro atoms. The van der Waals surface area contributed by atoms with Crippen molar-refractivity contribution in [3.8, 4) is 11.5 Å². The number of carbonyl (C=O) groups excluding carboxylic acids is 1. The van der Waals surface area contributed by atoms with E-state index < -0.39 is 35.3 Å². The number of nitrogens with zero attached hydrogens (tertiary/aromatic N) is 1. The Morgan fingerprint density at radius 3 is 1.98 bits per heavy atom. The molecule has 4 rings (SSSR count). The molecule has 0 bridgehead atoms. The van der Waals surface area contributed by atoms with Crippen LogP contribution in [-0.4, -0.2) is 30.1 Å². The Labute approximate surface area is 286 Å². The number of hydrogen-bond donors (Lipinski definition) is 2. The highest BCUT2D eigenvalue weighted by Crippen LogP contribution is 2.42. The summed E-state index contributed by atoms with van der Waals surface area (Å²) >= 11 is 6.51. The number of rotatable bonds is 13. The number of nitrogens with one attached hydrogen (secondary N) is 2. The van der Waals surface area contributed by atoms with E-state index in [9.17, 15) is 31.1 Å². The Morgan fingerprint density at radius 1 is 0.857 bits per heavy atom. The van der Waals surface area contributed by atoms with Gasteiger partial charge in [-0.15, -0.1) is 0 Å². The fraction of sp³-hybridized carbons (Fsp3) is 0.389. The number of hydrogen-bond acceptors (Lipinski definition) is 4. The molecule has 0 aliphatic heterocycles. The Bertz CT molecular complexity index is 1670. The lowest BCUT2D eigenvalue weighted by Crippen LogP contribution is -2.24. The molecular formula is C36H38ClF6N3O3. The van der Waals surface area contributed by atoms with Crippen LogP contribution in [-0.2, 0) is 30.1 Å². The van der Waals surface area contributed by atoms with Gasteiger partial charge in [-0.25, -0.2) is 4.98 Å². The number of halogens is 7. The highest BCUT2D eigenvalue weighted by Gasteiger charge is 2.38. The van der Waals surface area contributed by atoms with E-state index >= 15 is 0 Å². The molecule has 264 valence electrons. The van der Waals surface area contributed by atoms with Gasteiger partial charge in [0, 0.05) is 24.0 Å². The molecule has 4 aromatic rings. The molecular weight excluding hydrogens is 672 g/mol. The van der Waals surface area contributed by atoms with Crippen LogP contribution in [0.3, 0.4) is 0 Å². The first kappa shape index (κ1) is 37.6. The maximum atomic E-state index is 14.0. The molecule has 1 aromatic heterocycles. The highest BCUT2D eigenvalue weighted by atomic mass is 35.5. The molecule has 3 aromatic carbocycles. The van der Waals surface area contributed by atoms with Crippen molar-refractivity contribution in [3.05, 3.63) is 111 Å². The number of ether oxygens (including phenoxy) is 2. The van der Waals surface area contributed by atoms with E-state index in [4.69, 9.17) is 21.1 Å². The SMILES string of the molecule is COc1ccc(CC(C)CCC(=O)NCc2nc(C(C)c3ccccc3C(F)(F)F)c(C(C)c3ccccc3C(F)(F)F)[nH]2)c(Cl)c1OC. The van der Waals surface area contributed by atoms with E-state index in [1.807, 2.05) is 13.0 Å². The second-order valence-electron chi connectivity index (χ2n) is 12.0. The summed E-state index contributed by atoms with van der Waals surface area (Å²) in [5, 5.41) is 3.21. The largest absolute Gasteiger partial charge is 0.493 e. The van der Waals surface area contributed by atoms with Crippen LogP contribution in [0.5, 0.6) is 11.5 Å². The van der Waals surface area contributed by atoms with Gasteiger partial charge in [-0.1, -0.05) is 74.8 Å². The van der Waals surface area contributed by atoms with Gasteiger partial charge in [0.05, 0.1) is 42.6 Å². The number of aromatic nitrogens is 2. The van der Waals surface area contributed by atoms with Gasteiger partial charge in [0.1, 0.15) is 5.82 Å². The first-order valence-corrected chi connectivity index (χ1v) is 16.0. The lowest BCUT2D eigenvalue weighted by atomic mass is 9.86. The normalized spacial score (nSPS) is 13.9. The Hall–Kier alpha value is -4.19. The molecule has 13 heteroatoms. The lowest BCUT2D eigenvalue weighted by molar-refractivity contribution is -0.139. The molecule has 3 unspecified atom stereocenters. The molecule has 0 fully saturated rings. The fourth-order valence-electron chi connectivity index (χ4n) is 5.98. The molecule has 0 saturated carbocycles. The molecule has 0 radical (unpaired) electrons. The summed E-state index contributed by atoms with van der Waals surface area (Å²) in [6.07, 6.45) is -8.06. The number of methoxy groups -OCH3 is 2. The van der Waals surface area contributed by atoms with Gasteiger partial charge in [0.15, 0.2) is 11.5 Å². The number of H-pyrrole nitrogens is 1. The van der Waals surface area contributed by atoms with Crippen molar-refractivity contribution in [3.63, 3.8) is 0 Å². The van der Waals surface area contributed by atoms with Crippen LogP contribution < -0.4 is 14.8 Å². The minimum Gasteiger partial charge on any atom is -0.493 e. The van der Waals surface area contributed by atoms with Crippen molar-refractivity contribution in [2.75, 3.05) is 14.2 Å². The van der Waals surface area contributed by atoms with Crippen LogP contribution in [0, 0.1) is 5.92 Å². The molecule has 0 saturated heterocycles. The zero-order chi connectivity index (χ0) is 36.1. The van der Waals surface area contributed by atoms with Crippen molar-refractivity contribution in [1.82, 2.24) is 15.3 Å². The third-order valence-electron chi connectivity index (χ3n) is 8.57. The zero-order valence-corrected chi connectivity index (χ0v) is 28.4. The molecule has 49 heavy (non-hydrogen) atoms. The van der Waals surface area contributed by atoms with Gasteiger partial charge in [-0.2, -0.15) is 26.3 Å². The second-order valence-corrected chi connectivity index (χ2v) is 12.4. The van der Waals surface area contributed by atoms with Gasteiger partial charge in [0.25, 0.3) is 0 Å². The van der Waals surface area contributed by atoms with Gasteiger partial charge in [0.2, 0.25) is 5.91 Å². The Balaban J connectivity index is 1.55. The van der Waals surface area contributed by atoms with Crippen LogP contribution in [0.4, 0.5) is 26.3 Å². The van der Waals surface area contributed by atoms with Crippen molar-refractivity contribution in [2.24, 2.45) is 5.92 Å². The van der Waals surface area contributed by atoms with Gasteiger partial charge < -0.3 is 19.8 Å². The minimum atomic E-state index is -4.66. The van der Waals surface area contributed by atoms with Crippen molar-refractivity contribution in [1.29, 1.82) is 0 Å². The van der Waals surface area contributed by atoms with Gasteiger partial charge >= 0.3 is 12.4 Å². The van der Waals surface area contributed by atoms with Crippen LogP contribution in [0.1, 0.15) is 90.5 Å². The first-order valence-electron chi connectivity index (χ1n) is 15.6. The van der Waals surface area contributed by atoms with Crippen molar-refractivity contribution >= 4 is 17.5 Å². The van der Waals surface area contributed by atoms with Gasteiger partial charge in [-0.05, 0) is 53.6 Å². The molecule has 0 aliphatic rings. The summed E-state index contributed by atoms with van der Waals surface area (Å²) in [4.78, 5) is 20.5.